The highest BCUT2D eigenvalue weighted by atomic mass is 16.5. The third kappa shape index (κ3) is 1.22. The van der Waals surface area contributed by atoms with E-state index in [9.17, 15) is 0 Å². The van der Waals surface area contributed by atoms with Gasteiger partial charge in [0.2, 0.25) is 0 Å². The van der Waals surface area contributed by atoms with Crippen LogP contribution in [0.5, 0.6) is 0 Å². The van der Waals surface area contributed by atoms with Crippen molar-refractivity contribution < 1.29 is 4.74 Å². The molecule has 0 saturated heterocycles. The van der Waals surface area contributed by atoms with Crippen LogP contribution in [0.25, 0.3) is 0 Å². The van der Waals surface area contributed by atoms with E-state index in [0.717, 1.165) is 23.2 Å². The van der Waals surface area contributed by atoms with Crippen molar-refractivity contribution >= 4 is 5.82 Å². The molecule has 0 atom stereocenters. The van der Waals surface area contributed by atoms with Crippen molar-refractivity contribution in [3.63, 3.8) is 0 Å². The van der Waals surface area contributed by atoms with Crippen LogP contribution in [0, 0.1) is 18.3 Å². The molecule has 1 aliphatic heterocycles. The molecule has 1 aliphatic rings. The second kappa shape index (κ2) is 3.28. The summed E-state index contributed by atoms with van der Waals surface area (Å²) in [4.78, 5) is 4.16. The molecule has 4 nitrogen and oxygen atoms in total. The van der Waals surface area contributed by atoms with E-state index >= 15 is 0 Å². The van der Waals surface area contributed by atoms with Gasteiger partial charge in [-0.15, -0.1) is 0 Å². The zero-order valence-electron chi connectivity index (χ0n) is 8.00. The number of hydrogen-bond acceptors (Lipinski definition) is 4. The van der Waals surface area contributed by atoms with Gasteiger partial charge in [0, 0.05) is 11.3 Å². The van der Waals surface area contributed by atoms with Crippen LogP contribution in [0.4, 0.5) is 5.82 Å². The predicted octanol–water partition coefficient (Wildman–Crippen LogP) is 0.917. The average molecular weight is 189 g/mol. The van der Waals surface area contributed by atoms with Gasteiger partial charge >= 0.3 is 0 Å². The summed E-state index contributed by atoms with van der Waals surface area (Å²) in [5.41, 5.74) is 9.11. The van der Waals surface area contributed by atoms with Gasteiger partial charge in [0.05, 0.1) is 18.8 Å². The number of rotatable bonds is 0. The smallest absolute Gasteiger partial charge is 0.142 e. The highest BCUT2D eigenvalue weighted by Crippen LogP contribution is 2.25. The van der Waals surface area contributed by atoms with Crippen molar-refractivity contribution in [2.24, 2.45) is 0 Å². The number of anilines is 1. The molecule has 0 aliphatic carbocycles. The number of aryl methyl sites for hydroxylation is 1. The zero-order chi connectivity index (χ0) is 10.1. The molecule has 1 aromatic heterocycles. The Bertz CT molecular complexity index is 420. The Hall–Kier alpha value is -1.60. The lowest BCUT2D eigenvalue weighted by atomic mass is 9.98. The van der Waals surface area contributed by atoms with E-state index in [2.05, 4.69) is 11.1 Å². The number of fused-ring (bicyclic) bond motifs is 1. The van der Waals surface area contributed by atoms with Gasteiger partial charge in [-0.25, -0.2) is 4.98 Å². The maximum absolute atomic E-state index is 8.94. The minimum absolute atomic E-state index is 0.314. The summed E-state index contributed by atoms with van der Waals surface area (Å²) in [6.45, 7) is 3.10. The molecule has 14 heavy (non-hydrogen) atoms. The second-order valence-corrected chi connectivity index (χ2v) is 3.33. The monoisotopic (exact) mass is 189 g/mol. The number of nitrogens with zero attached hydrogens (tertiary/aromatic N) is 2. The van der Waals surface area contributed by atoms with Crippen molar-refractivity contribution in [1.82, 2.24) is 4.98 Å². The van der Waals surface area contributed by atoms with Gasteiger partial charge in [-0.2, -0.15) is 5.26 Å². The zero-order valence-corrected chi connectivity index (χ0v) is 8.00. The highest BCUT2D eigenvalue weighted by molar-refractivity contribution is 5.57. The van der Waals surface area contributed by atoms with Crippen LogP contribution in [0.1, 0.15) is 22.4 Å². The van der Waals surface area contributed by atoms with Crippen molar-refractivity contribution in [2.45, 2.75) is 20.0 Å². The standard InChI is InChI=1S/C10H11N3O/c1-6-7-2-3-14-5-9(7)8(4-11)10(12)13-6/h2-3,5H2,1H3,(H2,12,13). The van der Waals surface area contributed by atoms with Crippen molar-refractivity contribution in [1.29, 1.82) is 5.26 Å². The number of nitrogen functional groups attached to an aromatic ring is 1. The quantitative estimate of drug-likeness (QED) is 0.658. The molecule has 0 amide bonds. The summed E-state index contributed by atoms with van der Waals surface area (Å²) in [5.74, 6) is 0.314. The van der Waals surface area contributed by atoms with Crippen LogP contribution >= 0.6 is 0 Å². The number of ether oxygens (including phenoxy) is 1. The Morgan fingerprint density at radius 2 is 2.29 bits per heavy atom. The van der Waals surface area contributed by atoms with Gasteiger partial charge in [0.1, 0.15) is 11.9 Å². The number of nitrogens with two attached hydrogens (primary N) is 1. The fourth-order valence-electron chi connectivity index (χ4n) is 1.79. The third-order valence-corrected chi connectivity index (χ3v) is 2.50. The molecule has 2 N–H and O–H groups in total. The van der Waals surface area contributed by atoms with Gasteiger partial charge in [-0.3, -0.25) is 0 Å². The topological polar surface area (TPSA) is 71.9 Å². The molecule has 0 fully saturated rings. The van der Waals surface area contributed by atoms with Gasteiger partial charge in [0.15, 0.2) is 0 Å². The predicted molar refractivity (Wildman–Crippen MR) is 51.5 cm³/mol. The summed E-state index contributed by atoms with van der Waals surface area (Å²) >= 11 is 0. The fraction of sp³-hybridized carbons (Fsp3) is 0.400. The molecule has 4 heteroatoms. The molecule has 0 spiro atoms. The molecule has 72 valence electrons. The largest absolute Gasteiger partial charge is 0.383 e. The first-order chi connectivity index (χ1) is 6.74. The van der Waals surface area contributed by atoms with Crippen LogP contribution in [0.2, 0.25) is 0 Å². The maximum atomic E-state index is 8.94. The molecule has 0 bridgehead atoms. The third-order valence-electron chi connectivity index (χ3n) is 2.50. The van der Waals surface area contributed by atoms with E-state index in [1.165, 1.54) is 0 Å². The number of hydrogen-bond donors (Lipinski definition) is 1. The Kier molecular flexibility index (Phi) is 2.10. The van der Waals surface area contributed by atoms with Gasteiger partial charge < -0.3 is 10.5 Å². The highest BCUT2D eigenvalue weighted by Gasteiger charge is 2.19. The lowest BCUT2D eigenvalue weighted by molar-refractivity contribution is 0.110. The van der Waals surface area contributed by atoms with E-state index in [0.29, 0.717) is 24.6 Å². The van der Waals surface area contributed by atoms with Crippen LogP contribution in [-0.2, 0) is 17.8 Å². The molecular formula is C10H11N3O. The molecule has 2 heterocycles. The van der Waals surface area contributed by atoms with Crippen molar-refractivity contribution in [2.75, 3.05) is 12.3 Å². The minimum Gasteiger partial charge on any atom is -0.383 e. The first kappa shape index (κ1) is 8.97. The Morgan fingerprint density at radius 3 is 3.00 bits per heavy atom. The van der Waals surface area contributed by atoms with Crippen LogP contribution in [0.15, 0.2) is 0 Å². The Balaban J connectivity index is 2.69. The number of pyridine rings is 1. The molecule has 0 saturated carbocycles. The van der Waals surface area contributed by atoms with Gasteiger partial charge in [-0.05, 0) is 18.9 Å². The van der Waals surface area contributed by atoms with Crippen LogP contribution in [0.3, 0.4) is 0 Å². The summed E-state index contributed by atoms with van der Waals surface area (Å²) in [7, 11) is 0. The molecule has 2 rings (SSSR count). The fourth-order valence-corrected chi connectivity index (χ4v) is 1.79. The van der Waals surface area contributed by atoms with E-state index in [4.69, 9.17) is 15.7 Å². The van der Waals surface area contributed by atoms with Gasteiger partial charge in [0.25, 0.3) is 0 Å². The SMILES string of the molecule is Cc1nc(N)c(C#N)c2c1CCOC2. The molecule has 0 radical (unpaired) electrons. The summed E-state index contributed by atoms with van der Waals surface area (Å²) < 4.78 is 5.31. The summed E-state index contributed by atoms with van der Waals surface area (Å²) in [5, 5.41) is 8.94. The second-order valence-electron chi connectivity index (χ2n) is 3.33. The molecular weight excluding hydrogens is 178 g/mol. The summed E-state index contributed by atoms with van der Waals surface area (Å²) in [6.07, 6.45) is 0.823. The maximum Gasteiger partial charge on any atom is 0.142 e. The van der Waals surface area contributed by atoms with E-state index < -0.39 is 0 Å². The first-order valence-electron chi connectivity index (χ1n) is 4.49. The average Bonchev–Trinajstić information content (AvgIpc) is 2.18. The normalized spacial score (nSPS) is 14.6. The van der Waals surface area contributed by atoms with Gasteiger partial charge in [-0.1, -0.05) is 0 Å². The summed E-state index contributed by atoms with van der Waals surface area (Å²) in [6, 6.07) is 2.08. The van der Waals surface area contributed by atoms with E-state index in [-0.39, 0.29) is 0 Å². The van der Waals surface area contributed by atoms with Crippen molar-refractivity contribution in [3.8, 4) is 6.07 Å². The lowest BCUT2D eigenvalue weighted by Crippen LogP contribution is -2.16. The molecule has 1 aromatic rings. The number of aromatic nitrogens is 1. The Labute approximate surface area is 82.3 Å². The van der Waals surface area contributed by atoms with E-state index in [1.54, 1.807) is 0 Å². The minimum atomic E-state index is 0.314. The van der Waals surface area contributed by atoms with Crippen LogP contribution < -0.4 is 5.73 Å². The van der Waals surface area contributed by atoms with E-state index in [1.807, 2.05) is 6.92 Å². The van der Waals surface area contributed by atoms with Crippen molar-refractivity contribution in [3.05, 3.63) is 22.4 Å². The molecule has 0 unspecified atom stereocenters. The lowest BCUT2D eigenvalue weighted by Gasteiger charge is -2.19. The first-order valence-corrected chi connectivity index (χ1v) is 4.49. The molecule has 0 aromatic carbocycles. The van der Waals surface area contributed by atoms with Crippen LogP contribution in [-0.4, -0.2) is 11.6 Å². The Morgan fingerprint density at radius 1 is 1.50 bits per heavy atom. The number of nitriles is 1.